The van der Waals surface area contributed by atoms with Crippen LogP contribution in [0.2, 0.25) is 0 Å². The van der Waals surface area contributed by atoms with E-state index >= 15 is 0 Å². The summed E-state index contributed by atoms with van der Waals surface area (Å²) in [7, 11) is 0. The minimum atomic E-state index is -1.01. The van der Waals surface area contributed by atoms with E-state index < -0.39 is 5.97 Å². The summed E-state index contributed by atoms with van der Waals surface area (Å²) in [4.78, 5) is 23.5. The number of Topliss-reactive ketones (excluding diaryl/α,β-unsaturated/α-hetero) is 1. The molecule has 2 aromatic rings. The van der Waals surface area contributed by atoms with Crippen LogP contribution in [0.25, 0.3) is 0 Å². The quantitative estimate of drug-likeness (QED) is 0.389. The van der Waals surface area contributed by atoms with Crippen molar-refractivity contribution in [2.75, 3.05) is 13.2 Å². The van der Waals surface area contributed by atoms with Crippen LogP contribution < -0.4 is 9.47 Å². The first-order chi connectivity index (χ1) is 14.2. The molecule has 0 heterocycles. The summed E-state index contributed by atoms with van der Waals surface area (Å²) in [6.45, 7) is 8.26. The topological polar surface area (TPSA) is 93.1 Å². The Morgan fingerprint density at radius 3 is 2.27 bits per heavy atom. The number of carbonyl (C=O) groups excluding carboxylic acids is 1. The van der Waals surface area contributed by atoms with E-state index in [1.165, 1.54) is 6.07 Å². The zero-order valence-electron chi connectivity index (χ0n) is 18.0. The maximum absolute atomic E-state index is 12.2. The number of aryl methyl sites for hydroxylation is 1. The summed E-state index contributed by atoms with van der Waals surface area (Å²) >= 11 is 0. The lowest BCUT2D eigenvalue weighted by Crippen LogP contribution is -2.08. The molecule has 162 valence electrons. The number of carboxylic acids is 1. The van der Waals surface area contributed by atoms with Crippen molar-refractivity contribution in [3.63, 3.8) is 0 Å². The van der Waals surface area contributed by atoms with Gasteiger partial charge in [0.1, 0.15) is 22.8 Å². The molecule has 30 heavy (non-hydrogen) atoms. The van der Waals surface area contributed by atoms with Crippen LogP contribution in [0.4, 0.5) is 0 Å². The number of ether oxygens (including phenoxy) is 2. The van der Waals surface area contributed by atoms with Crippen molar-refractivity contribution < 1.29 is 29.3 Å². The number of para-hydroxylation sites is 1. The molecule has 0 spiro atoms. The van der Waals surface area contributed by atoms with Gasteiger partial charge in [-0.15, -0.1) is 0 Å². The van der Waals surface area contributed by atoms with Gasteiger partial charge in [0.15, 0.2) is 5.78 Å². The van der Waals surface area contributed by atoms with E-state index in [4.69, 9.17) is 9.47 Å². The molecule has 0 saturated heterocycles. The normalized spacial score (nSPS) is 10.8. The van der Waals surface area contributed by atoms with Gasteiger partial charge in [-0.25, -0.2) is 4.79 Å². The number of phenolic OH excluding ortho intramolecular Hbond substituents is 1. The average molecular weight is 414 g/mol. The molecule has 6 heteroatoms. The van der Waals surface area contributed by atoms with Gasteiger partial charge in [0.25, 0.3) is 0 Å². The standard InChI is InChI=1S/C24H30O6/c1-15(2)14-20(25)18-10-11-21(17(4)22(18)26)29-12-5-6-13-30-23-16(3)8-7-9-19(23)24(27)28/h7-11,15,26H,5-6,12-14H2,1-4H3,(H,27,28). The Hall–Kier alpha value is -3.02. The molecule has 0 radical (unpaired) electrons. The molecule has 0 bridgehead atoms. The number of hydrogen-bond donors (Lipinski definition) is 2. The van der Waals surface area contributed by atoms with Gasteiger partial charge < -0.3 is 19.7 Å². The summed E-state index contributed by atoms with van der Waals surface area (Å²) in [5, 5.41) is 19.6. The van der Waals surface area contributed by atoms with Gasteiger partial charge in [-0.3, -0.25) is 4.79 Å². The van der Waals surface area contributed by atoms with E-state index in [1.54, 1.807) is 25.1 Å². The van der Waals surface area contributed by atoms with Crippen molar-refractivity contribution in [3.05, 3.63) is 52.6 Å². The number of phenols is 1. The second-order valence-corrected chi connectivity index (χ2v) is 7.77. The molecule has 6 nitrogen and oxygen atoms in total. The molecule has 0 aliphatic heterocycles. The molecule has 0 saturated carbocycles. The van der Waals surface area contributed by atoms with Crippen molar-refractivity contribution in [2.24, 2.45) is 5.92 Å². The van der Waals surface area contributed by atoms with E-state index in [1.807, 2.05) is 26.8 Å². The second kappa shape index (κ2) is 10.7. The highest BCUT2D eigenvalue weighted by atomic mass is 16.5. The number of ketones is 1. The van der Waals surface area contributed by atoms with Gasteiger partial charge in [-0.05, 0) is 56.4 Å². The first-order valence-corrected chi connectivity index (χ1v) is 10.2. The summed E-state index contributed by atoms with van der Waals surface area (Å²) in [5.41, 5.74) is 1.81. The number of carbonyl (C=O) groups is 2. The van der Waals surface area contributed by atoms with Gasteiger partial charge in [0.2, 0.25) is 0 Å². The van der Waals surface area contributed by atoms with E-state index in [0.29, 0.717) is 55.1 Å². The SMILES string of the molecule is Cc1cccc(C(=O)O)c1OCCCCOc1ccc(C(=O)CC(C)C)c(O)c1C. The largest absolute Gasteiger partial charge is 0.507 e. The Balaban J connectivity index is 1.85. The fourth-order valence-electron chi connectivity index (χ4n) is 3.12. The Labute approximate surface area is 177 Å². The molecular formula is C24H30O6. The smallest absolute Gasteiger partial charge is 0.339 e. The predicted octanol–water partition coefficient (Wildman–Crippen LogP) is 5.17. The summed E-state index contributed by atoms with van der Waals surface area (Å²) < 4.78 is 11.4. The maximum Gasteiger partial charge on any atom is 0.339 e. The Morgan fingerprint density at radius 1 is 0.967 bits per heavy atom. The van der Waals surface area contributed by atoms with E-state index in [0.717, 1.165) is 5.56 Å². The average Bonchev–Trinajstić information content (AvgIpc) is 2.67. The fraction of sp³-hybridized carbons (Fsp3) is 0.417. The molecule has 0 fully saturated rings. The molecule has 0 atom stereocenters. The van der Waals surface area contributed by atoms with Crippen molar-refractivity contribution in [3.8, 4) is 17.2 Å². The lowest BCUT2D eigenvalue weighted by atomic mass is 9.98. The number of carboxylic acid groups (broad SMARTS) is 1. The maximum atomic E-state index is 12.2. The second-order valence-electron chi connectivity index (χ2n) is 7.77. The van der Waals surface area contributed by atoms with Gasteiger partial charge in [-0.2, -0.15) is 0 Å². The van der Waals surface area contributed by atoms with Gasteiger partial charge >= 0.3 is 5.97 Å². The van der Waals surface area contributed by atoms with Crippen LogP contribution >= 0.6 is 0 Å². The number of rotatable bonds is 11. The molecule has 0 aliphatic rings. The molecule has 0 amide bonds. The Kier molecular flexibility index (Phi) is 8.27. The summed E-state index contributed by atoms with van der Waals surface area (Å²) in [6, 6.07) is 8.36. The van der Waals surface area contributed by atoms with Crippen molar-refractivity contribution >= 4 is 11.8 Å². The molecule has 2 rings (SSSR count). The lowest BCUT2D eigenvalue weighted by Gasteiger charge is -2.14. The van der Waals surface area contributed by atoms with Crippen molar-refractivity contribution in [1.29, 1.82) is 0 Å². The highest BCUT2D eigenvalue weighted by Crippen LogP contribution is 2.32. The van der Waals surface area contributed by atoms with Crippen LogP contribution in [0, 0.1) is 19.8 Å². The summed E-state index contributed by atoms with van der Waals surface area (Å²) in [6.07, 6.45) is 1.77. The van der Waals surface area contributed by atoms with Crippen LogP contribution in [0.5, 0.6) is 17.2 Å². The number of benzene rings is 2. The summed E-state index contributed by atoms with van der Waals surface area (Å²) in [5.74, 6) is 0.0487. The van der Waals surface area contributed by atoms with E-state index in [9.17, 15) is 19.8 Å². The lowest BCUT2D eigenvalue weighted by molar-refractivity contribution is 0.0691. The van der Waals surface area contributed by atoms with Crippen LogP contribution in [0.3, 0.4) is 0 Å². The Bertz CT molecular complexity index is 901. The van der Waals surface area contributed by atoms with E-state index in [2.05, 4.69) is 0 Å². The van der Waals surface area contributed by atoms with Crippen molar-refractivity contribution in [2.45, 2.75) is 47.0 Å². The fourth-order valence-corrected chi connectivity index (χ4v) is 3.12. The third-order valence-electron chi connectivity index (χ3n) is 4.76. The van der Waals surface area contributed by atoms with Crippen molar-refractivity contribution in [1.82, 2.24) is 0 Å². The van der Waals surface area contributed by atoms with Crippen LogP contribution in [-0.2, 0) is 0 Å². The highest BCUT2D eigenvalue weighted by molar-refractivity contribution is 5.99. The zero-order chi connectivity index (χ0) is 22.3. The molecular weight excluding hydrogens is 384 g/mol. The first kappa shape index (κ1) is 23.3. The molecule has 2 N–H and O–H groups in total. The minimum absolute atomic E-state index is 0.0257. The minimum Gasteiger partial charge on any atom is -0.507 e. The predicted molar refractivity (Wildman–Crippen MR) is 115 cm³/mol. The van der Waals surface area contributed by atoms with E-state index in [-0.39, 0.29) is 23.0 Å². The third-order valence-corrected chi connectivity index (χ3v) is 4.76. The highest BCUT2D eigenvalue weighted by Gasteiger charge is 2.17. The van der Waals surface area contributed by atoms with Crippen LogP contribution in [-0.4, -0.2) is 35.2 Å². The van der Waals surface area contributed by atoms with Crippen LogP contribution in [0.1, 0.15) is 65.0 Å². The van der Waals surface area contributed by atoms with Gasteiger partial charge in [-0.1, -0.05) is 26.0 Å². The number of hydrogen-bond acceptors (Lipinski definition) is 5. The van der Waals surface area contributed by atoms with Gasteiger partial charge in [0.05, 0.1) is 18.8 Å². The number of aromatic hydroxyl groups is 1. The molecule has 0 aromatic heterocycles. The number of aromatic carboxylic acids is 1. The van der Waals surface area contributed by atoms with Gasteiger partial charge in [0, 0.05) is 12.0 Å². The third kappa shape index (κ3) is 5.99. The van der Waals surface area contributed by atoms with Crippen LogP contribution in [0.15, 0.2) is 30.3 Å². The number of unbranched alkanes of at least 4 members (excludes halogenated alkanes) is 1. The zero-order valence-corrected chi connectivity index (χ0v) is 18.0. The first-order valence-electron chi connectivity index (χ1n) is 10.2. The molecule has 2 aromatic carbocycles. The monoisotopic (exact) mass is 414 g/mol. The molecule has 0 unspecified atom stereocenters. The molecule has 0 aliphatic carbocycles. The Morgan fingerprint density at radius 2 is 1.63 bits per heavy atom.